The summed E-state index contributed by atoms with van der Waals surface area (Å²) in [4.78, 5) is 11.8. The van der Waals surface area contributed by atoms with Crippen LogP contribution in [-0.4, -0.2) is 5.91 Å². The molecule has 2 nitrogen and oxygen atoms in total. The van der Waals surface area contributed by atoms with Crippen LogP contribution >= 0.6 is 11.6 Å². The number of aryl methyl sites for hydroxylation is 2. The first-order chi connectivity index (χ1) is 9.54. The summed E-state index contributed by atoms with van der Waals surface area (Å²) in [5, 5.41) is 3.40. The number of hydrogen-bond acceptors (Lipinski definition) is 1. The third kappa shape index (κ3) is 4.07. The van der Waals surface area contributed by atoms with Crippen LogP contribution in [0.4, 0.5) is 10.1 Å². The Morgan fingerprint density at radius 1 is 1.25 bits per heavy atom. The van der Waals surface area contributed by atoms with E-state index in [9.17, 15) is 9.18 Å². The van der Waals surface area contributed by atoms with Crippen LogP contribution in [0.15, 0.2) is 42.5 Å². The lowest BCUT2D eigenvalue weighted by Crippen LogP contribution is -2.12. The van der Waals surface area contributed by atoms with Gasteiger partial charge < -0.3 is 5.32 Å². The van der Waals surface area contributed by atoms with Crippen molar-refractivity contribution in [1.29, 1.82) is 0 Å². The van der Waals surface area contributed by atoms with Gasteiger partial charge in [-0.25, -0.2) is 4.39 Å². The van der Waals surface area contributed by atoms with Crippen molar-refractivity contribution >= 4 is 23.2 Å². The van der Waals surface area contributed by atoms with Gasteiger partial charge in [-0.05, 0) is 48.7 Å². The minimum Gasteiger partial charge on any atom is -0.326 e. The maximum Gasteiger partial charge on any atom is 0.224 e. The highest BCUT2D eigenvalue weighted by atomic mass is 35.5. The van der Waals surface area contributed by atoms with Gasteiger partial charge in [-0.15, -0.1) is 0 Å². The Balaban J connectivity index is 1.91. The molecule has 1 N–H and O–H groups in total. The fourth-order valence-corrected chi connectivity index (χ4v) is 2.02. The smallest absolute Gasteiger partial charge is 0.224 e. The number of hydrogen-bond donors (Lipinski definition) is 1. The second-order valence-corrected chi connectivity index (χ2v) is 5.05. The SMILES string of the molecule is Cc1ccc(NC(=O)CCc2cccc(F)c2)cc1Cl. The molecule has 2 aromatic rings. The van der Waals surface area contributed by atoms with Crippen LogP contribution in [0.5, 0.6) is 0 Å². The quantitative estimate of drug-likeness (QED) is 0.891. The van der Waals surface area contributed by atoms with Gasteiger partial charge in [0.2, 0.25) is 5.91 Å². The molecule has 2 aromatic carbocycles. The van der Waals surface area contributed by atoms with Crippen LogP contribution in [0.25, 0.3) is 0 Å². The third-order valence-corrected chi connectivity index (χ3v) is 3.39. The molecular weight excluding hydrogens is 277 g/mol. The first kappa shape index (κ1) is 14.5. The number of carbonyl (C=O) groups excluding carboxylic acids is 1. The van der Waals surface area contributed by atoms with Crippen LogP contribution in [-0.2, 0) is 11.2 Å². The van der Waals surface area contributed by atoms with Crippen molar-refractivity contribution in [3.8, 4) is 0 Å². The zero-order valence-electron chi connectivity index (χ0n) is 11.1. The van der Waals surface area contributed by atoms with E-state index in [1.807, 2.05) is 13.0 Å². The Morgan fingerprint density at radius 3 is 2.75 bits per heavy atom. The van der Waals surface area contributed by atoms with Gasteiger partial charge in [-0.3, -0.25) is 4.79 Å². The summed E-state index contributed by atoms with van der Waals surface area (Å²) in [6.07, 6.45) is 0.804. The number of nitrogens with one attached hydrogen (secondary N) is 1. The maximum atomic E-state index is 13.0. The Hall–Kier alpha value is -1.87. The van der Waals surface area contributed by atoms with E-state index >= 15 is 0 Å². The summed E-state index contributed by atoms with van der Waals surface area (Å²) in [6.45, 7) is 1.90. The summed E-state index contributed by atoms with van der Waals surface area (Å²) in [6, 6.07) is 11.7. The molecule has 0 aliphatic rings. The summed E-state index contributed by atoms with van der Waals surface area (Å²) in [5.74, 6) is -0.401. The van der Waals surface area contributed by atoms with E-state index in [1.54, 1.807) is 24.3 Å². The van der Waals surface area contributed by atoms with Crippen LogP contribution in [0.1, 0.15) is 17.5 Å². The molecule has 104 valence electrons. The van der Waals surface area contributed by atoms with E-state index in [2.05, 4.69) is 5.32 Å². The lowest BCUT2D eigenvalue weighted by atomic mass is 10.1. The molecule has 0 spiro atoms. The van der Waals surface area contributed by atoms with Gasteiger partial charge in [0.1, 0.15) is 5.82 Å². The van der Waals surface area contributed by atoms with Crippen molar-refractivity contribution in [1.82, 2.24) is 0 Å². The zero-order chi connectivity index (χ0) is 14.5. The van der Waals surface area contributed by atoms with E-state index < -0.39 is 0 Å². The molecule has 0 saturated heterocycles. The predicted molar refractivity (Wildman–Crippen MR) is 79.5 cm³/mol. The monoisotopic (exact) mass is 291 g/mol. The molecule has 20 heavy (non-hydrogen) atoms. The van der Waals surface area contributed by atoms with Gasteiger partial charge in [-0.1, -0.05) is 29.8 Å². The van der Waals surface area contributed by atoms with E-state index in [4.69, 9.17) is 11.6 Å². The van der Waals surface area contributed by atoms with E-state index in [0.717, 1.165) is 11.1 Å². The third-order valence-electron chi connectivity index (χ3n) is 2.99. The highest BCUT2D eigenvalue weighted by molar-refractivity contribution is 6.31. The number of amides is 1. The summed E-state index contributed by atoms with van der Waals surface area (Å²) in [7, 11) is 0. The molecule has 0 aromatic heterocycles. The first-order valence-corrected chi connectivity index (χ1v) is 6.73. The molecular formula is C16H15ClFNO. The average molecular weight is 292 g/mol. The number of benzene rings is 2. The van der Waals surface area contributed by atoms with Crippen molar-refractivity contribution in [2.75, 3.05) is 5.32 Å². The average Bonchev–Trinajstić information content (AvgIpc) is 2.41. The fourth-order valence-electron chi connectivity index (χ4n) is 1.84. The standard InChI is InChI=1S/C16H15ClFNO/c1-11-5-7-14(10-15(11)17)19-16(20)8-6-12-3-2-4-13(18)9-12/h2-5,7,9-10H,6,8H2,1H3,(H,19,20). The molecule has 4 heteroatoms. The lowest BCUT2D eigenvalue weighted by molar-refractivity contribution is -0.116. The molecule has 0 saturated carbocycles. The van der Waals surface area contributed by atoms with Crippen molar-refractivity contribution < 1.29 is 9.18 Å². The molecule has 1 amide bonds. The molecule has 0 radical (unpaired) electrons. The van der Waals surface area contributed by atoms with Crippen LogP contribution in [0.2, 0.25) is 5.02 Å². The van der Waals surface area contributed by atoms with Crippen LogP contribution in [0, 0.1) is 12.7 Å². The molecule has 0 atom stereocenters. The molecule has 0 aliphatic carbocycles. The Labute approximate surface area is 122 Å². The Kier molecular flexibility index (Phi) is 4.74. The Bertz CT molecular complexity index is 628. The van der Waals surface area contributed by atoms with Gasteiger partial charge in [0, 0.05) is 17.1 Å². The van der Waals surface area contributed by atoms with Crippen molar-refractivity contribution in [2.24, 2.45) is 0 Å². The highest BCUT2D eigenvalue weighted by Crippen LogP contribution is 2.20. The van der Waals surface area contributed by atoms with Crippen molar-refractivity contribution in [3.63, 3.8) is 0 Å². The second kappa shape index (κ2) is 6.53. The van der Waals surface area contributed by atoms with E-state index in [0.29, 0.717) is 23.6 Å². The van der Waals surface area contributed by atoms with Gasteiger partial charge >= 0.3 is 0 Å². The first-order valence-electron chi connectivity index (χ1n) is 6.35. The zero-order valence-corrected chi connectivity index (χ0v) is 11.9. The second-order valence-electron chi connectivity index (χ2n) is 4.64. The number of rotatable bonds is 4. The summed E-state index contributed by atoms with van der Waals surface area (Å²) >= 11 is 5.99. The topological polar surface area (TPSA) is 29.1 Å². The predicted octanol–water partition coefficient (Wildman–Crippen LogP) is 4.36. The van der Waals surface area contributed by atoms with Gasteiger partial charge in [0.25, 0.3) is 0 Å². The van der Waals surface area contributed by atoms with E-state index in [-0.39, 0.29) is 11.7 Å². The van der Waals surface area contributed by atoms with Crippen LogP contribution < -0.4 is 5.32 Å². The normalized spacial score (nSPS) is 10.3. The van der Waals surface area contributed by atoms with E-state index in [1.165, 1.54) is 12.1 Å². The molecule has 0 heterocycles. The maximum absolute atomic E-state index is 13.0. The minimum absolute atomic E-state index is 0.116. The number of carbonyl (C=O) groups is 1. The highest BCUT2D eigenvalue weighted by Gasteiger charge is 2.05. The molecule has 2 rings (SSSR count). The van der Waals surface area contributed by atoms with Crippen LogP contribution in [0.3, 0.4) is 0 Å². The Morgan fingerprint density at radius 2 is 2.05 bits per heavy atom. The fraction of sp³-hybridized carbons (Fsp3) is 0.188. The largest absolute Gasteiger partial charge is 0.326 e. The molecule has 0 bridgehead atoms. The van der Waals surface area contributed by atoms with Crippen molar-refractivity contribution in [2.45, 2.75) is 19.8 Å². The number of halogens is 2. The molecule has 0 aliphatic heterocycles. The van der Waals surface area contributed by atoms with Crippen molar-refractivity contribution in [3.05, 3.63) is 64.4 Å². The van der Waals surface area contributed by atoms with Gasteiger partial charge in [-0.2, -0.15) is 0 Å². The molecule has 0 unspecified atom stereocenters. The lowest BCUT2D eigenvalue weighted by Gasteiger charge is -2.07. The summed E-state index contributed by atoms with van der Waals surface area (Å²) in [5.41, 5.74) is 2.44. The summed E-state index contributed by atoms with van der Waals surface area (Å²) < 4.78 is 13.0. The minimum atomic E-state index is -0.284. The molecule has 0 fully saturated rings. The number of anilines is 1. The van der Waals surface area contributed by atoms with Gasteiger partial charge in [0.15, 0.2) is 0 Å². The van der Waals surface area contributed by atoms with Gasteiger partial charge in [0.05, 0.1) is 0 Å².